The van der Waals surface area contributed by atoms with Crippen molar-refractivity contribution in [2.75, 3.05) is 12.4 Å². The molecule has 0 aliphatic rings. The van der Waals surface area contributed by atoms with Gasteiger partial charge in [0.1, 0.15) is 0 Å². The molecule has 0 unspecified atom stereocenters. The van der Waals surface area contributed by atoms with Crippen LogP contribution in [0.4, 0.5) is 0 Å². The predicted molar refractivity (Wildman–Crippen MR) is 82.9 cm³/mol. The summed E-state index contributed by atoms with van der Waals surface area (Å²) in [6.45, 7) is 0.290. The van der Waals surface area contributed by atoms with E-state index in [1.807, 2.05) is 24.5 Å². The number of halogens is 1. The highest BCUT2D eigenvalue weighted by atomic mass is 79.9. The first kappa shape index (κ1) is 14.6. The Morgan fingerprint density at radius 2 is 1.95 bits per heavy atom. The largest absolute Gasteiger partial charge is 0.396 e. The molecule has 102 valence electrons. The molecule has 0 atom stereocenters. The van der Waals surface area contributed by atoms with Crippen LogP contribution in [0.1, 0.15) is 19.3 Å². The van der Waals surface area contributed by atoms with Crippen molar-refractivity contribution in [3.05, 3.63) is 41.1 Å². The van der Waals surface area contributed by atoms with E-state index in [0.29, 0.717) is 0 Å². The third-order valence-corrected chi connectivity index (χ3v) is 4.33. The Bertz CT molecular complexity index is 498. The van der Waals surface area contributed by atoms with Crippen LogP contribution in [-0.4, -0.2) is 27.0 Å². The summed E-state index contributed by atoms with van der Waals surface area (Å²) in [7, 11) is 0. The van der Waals surface area contributed by atoms with E-state index >= 15 is 0 Å². The molecule has 0 saturated carbocycles. The number of hydrogen-bond acceptors (Lipinski definition) is 3. The van der Waals surface area contributed by atoms with Crippen molar-refractivity contribution >= 4 is 27.7 Å². The number of aromatic nitrogens is 2. The van der Waals surface area contributed by atoms with Gasteiger partial charge in [0.05, 0.1) is 0 Å². The molecule has 0 saturated heterocycles. The molecule has 1 N–H and O–H groups in total. The van der Waals surface area contributed by atoms with Crippen molar-refractivity contribution in [2.24, 2.45) is 0 Å². The molecule has 0 aliphatic carbocycles. The normalized spacial score (nSPS) is 10.8. The maximum Gasteiger partial charge on any atom is 0.172 e. The second-order valence-corrected chi connectivity index (χ2v) is 6.17. The van der Waals surface area contributed by atoms with E-state index in [1.165, 1.54) is 0 Å². The molecule has 1 aromatic heterocycles. The van der Waals surface area contributed by atoms with Gasteiger partial charge in [0.25, 0.3) is 0 Å². The SMILES string of the molecule is OCCCCCSc1nccn1-c1ccc(Br)cc1. The summed E-state index contributed by atoms with van der Waals surface area (Å²) in [5.41, 5.74) is 1.12. The fourth-order valence-electron chi connectivity index (χ4n) is 1.75. The number of unbranched alkanes of at least 4 members (excludes halogenated alkanes) is 2. The minimum atomic E-state index is 0.290. The number of benzene rings is 1. The molecule has 0 radical (unpaired) electrons. The van der Waals surface area contributed by atoms with Crippen LogP contribution >= 0.6 is 27.7 Å². The summed E-state index contributed by atoms with van der Waals surface area (Å²) in [5.74, 6) is 1.04. The van der Waals surface area contributed by atoms with E-state index in [9.17, 15) is 0 Å². The lowest BCUT2D eigenvalue weighted by atomic mass is 10.3. The zero-order chi connectivity index (χ0) is 13.5. The Kier molecular flexibility index (Phi) is 5.94. The van der Waals surface area contributed by atoms with Crippen LogP contribution in [0.15, 0.2) is 46.3 Å². The third kappa shape index (κ3) is 4.37. The number of rotatable bonds is 7. The average molecular weight is 341 g/mol. The average Bonchev–Trinajstić information content (AvgIpc) is 2.88. The third-order valence-electron chi connectivity index (χ3n) is 2.75. The van der Waals surface area contributed by atoms with Gasteiger partial charge in [-0.1, -0.05) is 34.1 Å². The first-order valence-electron chi connectivity index (χ1n) is 6.34. The minimum absolute atomic E-state index is 0.290. The van der Waals surface area contributed by atoms with Crippen molar-refractivity contribution in [3.63, 3.8) is 0 Å². The van der Waals surface area contributed by atoms with Crippen LogP contribution in [0.2, 0.25) is 0 Å². The number of imidazole rings is 1. The molecule has 0 fully saturated rings. The maximum absolute atomic E-state index is 8.74. The second kappa shape index (κ2) is 7.72. The Morgan fingerprint density at radius 3 is 2.68 bits per heavy atom. The first-order valence-corrected chi connectivity index (χ1v) is 8.12. The lowest BCUT2D eigenvalue weighted by Crippen LogP contribution is -1.95. The molecule has 2 aromatic rings. The van der Waals surface area contributed by atoms with Crippen molar-refractivity contribution in [1.82, 2.24) is 9.55 Å². The quantitative estimate of drug-likeness (QED) is 0.613. The van der Waals surface area contributed by atoms with E-state index in [2.05, 4.69) is 37.6 Å². The van der Waals surface area contributed by atoms with Crippen LogP contribution < -0.4 is 0 Å². The standard InChI is InChI=1S/C14H17BrN2OS/c15-12-4-6-13(7-5-12)17-9-8-16-14(17)19-11-3-1-2-10-18/h4-9,18H,1-3,10-11H2. The molecule has 5 heteroatoms. The molecule has 19 heavy (non-hydrogen) atoms. The van der Waals surface area contributed by atoms with Crippen LogP contribution in [0.5, 0.6) is 0 Å². The molecule has 3 nitrogen and oxygen atoms in total. The smallest absolute Gasteiger partial charge is 0.172 e. The molecule has 0 aliphatic heterocycles. The van der Waals surface area contributed by atoms with Gasteiger partial charge < -0.3 is 5.11 Å². The Labute approximate surface area is 126 Å². The first-order chi connectivity index (χ1) is 9.31. The molecule has 0 bridgehead atoms. The van der Waals surface area contributed by atoms with E-state index in [-0.39, 0.29) is 6.61 Å². The molecule has 1 heterocycles. The van der Waals surface area contributed by atoms with Crippen molar-refractivity contribution in [3.8, 4) is 5.69 Å². The number of hydrogen-bond donors (Lipinski definition) is 1. The van der Waals surface area contributed by atoms with Gasteiger partial charge in [-0.05, 0) is 37.1 Å². The highest BCUT2D eigenvalue weighted by molar-refractivity contribution is 9.10. The van der Waals surface area contributed by atoms with Crippen LogP contribution in [0.3, 0.4) is 0 Å². The van der Waals surface area contributed by atoms with Gasteiger partial charge in [0.2, 0.25) is 0 Å². The van der Waals surface area contributed by atoms with Gasteiger partial charge in [-0.3, -0.25) is 4.57 Å². The van der Waals surface area contributed by atoms with Gasteiger partial charge >= 0.3 is 0 Å². The zero-order valence-corrected chi connectivity index (χ0v) is 13.0. The molecular weight excluding hydrogens is 324 g/mol. The van der Waals surface area contributed by atoms with Crippen LogP contribution in [0, 0.1) is 0 Å². The number of thioether (sulfide) groups is 1. The van der Waals surface area contributed by atoms with E-state index in [0.717, 1.165) is 40.3 Å². The van der Waals surface area contributed by atoms with Crippen LogP contribution in [-0.2, 0) is 0 Å². The highest BCUT2D eigenvalue weighted by Crippen LogP contribution is 2.22. The maximum atomic E-state index is 8.74. The molecular formula is C14H17BrN2OS. The molecule has 2 rings (SSSR count). The van der Waals surface area contributed by atoms with Gasteiger partial charge in [0, 0.05) is 34.9 Å². The fraction of sp³-hybridized carbons (Fsp3) is 0.357. The Balaban J connectivity index is 1.96. The van der Waals surface area contributed by atoms with Gasteiger partial charge in [-0.2, -0.15) is 0 Å². The zero-order valence-electron chi connectivity index (χ0n) is 10.6. The highest BCUT2D eigenvalue weighted by Gasteiger charge is 2.05. The summed E-state index contributed by atoms with van der Waals surface area (Å²) in [6, 6.07) is 8.21. The van der Waals surface area contributed by atoms with Crippen LogP contribution in [0.25, 0.3) is 5.69 Å². The Hall–Kier alpha value is -0.780. The molecule has 0 spiro atoms. The van der Waals surface area contributed by atoms with E-state index in [4.69, 9.17) is 5.11 Å². The fourth-order valence-corrected chi connectivity index (χ4v) is 2.98. The second-order valence-electron chi connectivity index (χ2n) is 4.19. The lowest BCUT2D eigenvalue weighted by molar-refractivity contribution is 0.284. The molecule has 1 aromatic carbocycles. The lowest BCUT2D eigenvalue weighted by Gasteiger charge is -2.07. The summed E-state index contributed by atoms with van der Waals surface area (Å²) < 4.78 is 3.18. The Morgan fingerprint density at radius 1 is 1.16 bits per heavy atom. The summed E-state index contributed by atoms with van der Waals surface area (Å²) in [5, 5.41) is 9.76. The number of aliphatic hydroxyl groups is 1. The number of aliphatic hydroxyl groups excluding tert-OH is 1. The summed E-state index contributed by atoms with van der Waals surface area (Å²) >= 11 is 5.20. The summed E-state index contributed by atoms with van der Waals surface area (Å²) in [6.07, 6.45) is 6.89. The molecule has 0 amide bonds. The van der Waals surface area contributed by atoms with Gasteiger partial charge in [-0.15, -0.1) is 0 Å². The predicted octanol–water partition coefficient (Wildman–Crippen LogP) is 3.89. The minimum Gasteiger partial charge on any atom is -0.396 e. The van der Waals surface area contributed by atoms with E-state index < -0.39 is 0 Å². The van der Waals surface area contributed by atoms with Crippen molar-refractivity contribution in [2.45, 2.75) is 24.4 Å². The summed E-state index contributed by atoms with van der Waals surface area (Å²) in [4.78, 5) is 4.40. The van der Waals surface area contributed by atoms with Crippen molar-refractivity contribution < 1.29 is 5.11 Å². The van der Waals surface area contributed by atoms with Gasteiger partial charge in [-0.25, -0.2) is 4.98 Å². The monoisotopic (exact) mass is 340 g/mol. The topological polar surface area (TPSA) is 38.1 Å². The number of nitrogens with zero attached hydrogens (tertiary/aromatic N) is 2. The van der Waals surface area contributed by atoms with E-state index in [1.54, 1.807) is 11.8 Å². The van der Waals surface area contributed by atoms with Crippen molar-refractivity contribution in [1.29, 1.82) is 0 Å². The van der Waals surface area contributed by atoms with Gasteiger partial charge in [0.15, 0.2) is 5.16 Å².